The van der Waals surface area contributed by atoms with Gasteiger partial charge >= 0.3 is 0 Å². The van der Waals surface area contributed by atoms with Crippen molar-refractivity contribution in [2.75, 3.05) is 13.6 Å². The van der Waals surface area contributed by atoms with Gasteiger partial charge in [-0.25, -0.2) is 8.78 Å². The summed E-state index contributed by atoms with van der Waals surface area (Å²) < 4.78 is 28.9. The summed E-state index contributed by atoms with van der Waals surface area (Å²) >= 11 is 0. The molecular formula is C15H28F2N4. The van der Waals surface area contributed by atoms with Crippen molar-refractivity contribution in [1.82, 2.24) is 10.7 Å². The maximum Gasteiger partial charge on any atom is 0.138 e. The van der Waals surface area contributed by atoms with E-state index in [1.165, 1.54) is 0 Å². The Morgan fingerprint density at radius 2 is 1.90 bits per heavy atom. The van der Waals surface area contributed by atoms with Gasteiger partial charge in [0, 0.05) is 19.2 Å². The summed E-state index contributed by atoms with van der Waals surface area (Å²) in [6, 6.07) is 0. The molecule has 0 heterocycles. The molecule has 1 fully saturated rings. The molecule has 6 heteroatoms. The summed E-state index contributed by atoms with van der Waals surface area (Å²) in [5.41, 5.74) is 2.72. The lowest BCUT2D eigenvalue weighted by atomic mass is 9.72. The Morgan fingerprint density at radius 3 is 2.48 bits per heavy atom. The molecule has 0 bridgehead atoms. The average molecular weight is 302 g/mol. The van der Waals surface area contributed by atoms with Crippen LogP contribution in [0.2, 0.25) is 0 Å². The van der Waals surface area contributed by atoms with Gasteiger partial charge in [-0.3, -0.25) is 15.7 Å². The number of rotatable bonds is 8. The third-order valence-corrected chi connectivity index (χ3v) is 4.55. The molecule has 0 radical (unpaired) electrons. The molecule has 6 atom stereocenters. The molecule has 5 unspecified atom stereocenters. The highest BCUT2D eigenvalue weighted by Gasteiger charge is 2.44. The zero-order valence-electron chi connectivity index (χ0n) is 13.2. The summed E-state index contributed by atoms with van der Waals surface area (Å²) in [6.45, 7) is 7.88. The Balaban J connectivity index is 2.62. The molecule has 0 aromatic rings. The number of halogens is 2. The van der Waals surface area contributed by atoms with Crippen LogP contribution < -0.4 is 10.7 Å². The van der Waals surface area contributed by atoms with Crippen LogP contribution in [0.1, 0.15) is 33.1 Å². The van der Waals surface area contributed by atoms with Crippen molar-refractivity contribution in [3.05, 3.63) is 0 Å². The Morgan fingerprint density at radius 1 is 1.29 bits per heavy atom. The standard InChI is InChI=1S/C15H28F2N4/c1-5-20-9-8-10(2)11-6-7-12(14(17)13(11)16)15(18-3)21-19-4/h5,10-15,18,21H,4,6-9H2,1-3H3/t10?,11-,12?,13?,14?,15?/m1/s1. The van der Waals surface area contributed by atoms with E-state index in [-0.39, 0.29) is 18.0 Å². The van der Waals surface area contributed by atoms with Gasteiger partial charge in [0.2, 0.25) is 0 Å². The van der Waals surface area contributed by atoms with Gasteiger partial charge in [0.25, 0.3) is 0 Å². The lowest BCUT2D eigenvalue weighted by molar-refractivity contribution is -0.0147. The van der Waals surface area contributed by atoms with Crippen molar-refractivity contribution in [2.45, 2.75) is 51.6 Å². The number of aliphatic imine (C=N–C) groups is 1. The van der Waals surface area contributed by atoms with Gasteiger partial charge in [0.1, 0.15) is 12.3 Å². The number of hydrogen-bond donors (Lipinski definition) is 2. The van der Waals surface area contributed by atoms with Crippen LogP contribution in [-0.2, 0) is 0 Å². The molecule has 122 valence electrons. The van der Waals surface area contributed by atoms with Crippen LogP contribution in [0.25, 0.3) is 0 Å². The second-order valence-electron chi connectivity index (χ2n) is 5.78. The maximum atomic E-state index is 14.5. The van der Waals surface area contributed by atoms with E-state index in [4.69, 9.17) is 0 Å². The Bertz CT molecular complexity index is 338. The van der Waals surface area contributed by atoms with Crippen LogP contribution in [0.5, 0.6) is 0 Å². The summed E-state index contributed by atoms with van der Waals surface area (Å²) in [4.78, 5) is 4.15. The number of nitrogens with one attached hydrogen (secondary N) is 2. The minimum atomic E-state index is -1.48. The monoisotopic (exact) mass is 302 g/mol. The van der Waals surface area contributed by atoms with E-state index in [0.29, 0.717) is 19.4 Å². The number of alkyl halides is 2. The highest BCUT2D eigenvalue weighted by molar-refractivity contribution is 5.53. The molecule has 0 aromatic heterocycles. The van der Waals surface area contributed by atoms with Gasteiger partial charge in [-0.15, -0.1) is 0 Å². The van der Waals surface area contributed by atoms with Crippen LogP contribution >= 0.6 is 0 Å². The second-order valence-corrected chi connectivity index (χ2v) is 5.78. The molecule has 4 nitrogen and oxygen atoms in total. The Hall–Kier alpha value is -1.04. The first-order valence-electron chi connectivity index (χ1n) is 7.67. The summed E-state index contributed by atoms with van der Waals surface area (Å²) in [5.74, 6) is -0.508. The van der Waals surface area contributed by atoms with Crippen LogP contribution in [0.3, 0.4) is 0 Å². The Kier molecular flexibility index (Phi) is 7.78. The average Bonchev–Trinajstić information content (AvgIpc) is 2.48. The third-order valence-electron chi connectivity index (χ3n) is 4.55. The first kappa shape index (κ1) is 18.0. The number of nitrogens with zero attached hydrogens (tertiary/aromatic N) is 2. The van der Waals surface area contributed by atoms with Crippen molar-refractivity contribution >= 4 is 12.9 Å². The smallest absolute Gasteiger partial charge is 0.138 e. The lowest BCUT2D eigenvalue weighted by Crippen LogP contribution is -2.53. The molecule has 0 aromatic carbocycles. The quantitative estimate of drug-likeness (QED) is 0.411. The highest BCUT2D eigenvalue weighted by Crippen LogP contribution is 2.39. The first-order chi connectivity index (χ1) is 10.1. The van der Waals surface area contributed by atoms with Crippen molar-refractivity contribution in [2.24, 2.45) is 27.8 Å². The SMILES string of the molecule is C=NNC(NC)C1CC[C@H](C(C)CCN=CC)C(F)C1F. The Labute approximate surface area is 126 Å². The molecule has 0 spiro atoms. The second kappa shape index (κ2) is 9.07. The van der Waals surface area contributed by atoms with Gasteiger partial charge in [-0.2, -0.15) is 5.10 Å². The maximum absolute atomic E-state index is 14.5. The topological polar surface area (TPSA) is 48.8 Å². The van der Waals surface area contributed by atoms with Gasteiger partial charge in [0.15, 0.2) is 0 Å². The number of hydrazone groups is 1. The fourth-order valence-corrected chi connectivity index (χ4v) is 3.22. The fourth-order valence-electron chi connectivity index (χ4n) is 3.22. The molecule has 0 amide bonds. The molecule has 1 aliphatic rings. The summed E-state index contributed by atoms with van der Waals surface area (Å²) in [5, 5.41) is 6.52. The minimum Gasteiger partial charge on any atom is -0.299 e. The van der Waals surface area contributed by atoms with Crippen LogP contribution in [0.15, 0.2) is 10.1 Å². The highest BCUT2D eigenvalue weighted by atomic mass is 19.2. The normalized spacial score (nSPS) is 32.8. The van der Waals surface area contributed by atoms with E-state index in [9.17, 15) is 8.78 Å². The first-order valence-corrected chi connectivity index (χ1v) is 7.67. The molecule has 1 aliphatic carbocycles. The van der Waals surface area contributed by atoms with Gasteiger partial charge < -0.3 is 0 Å². The zero-order valence-corrected chi connectivity index (χ0v) is 13.2. The molecule has 0 saturated heterocycles. The van der Waals surface area contributed by atoms with E-state index in [1.807, 2.05) is 13.8 Å². The van der Waals surface area contributed by atoms with Crippen molar-refractivity contribution in [1.29, 1.82) is 0 Å². The summed E-state index contributed by atoms with van der Waals surface area (Å²) in [7, 11) is 1.71. The van der Waals surface area contributed by atoms with Crippen molar-refractivity contribution in [3.8, 4) is 0 Å². The number of hydrogen-bond acceptors (Lipinski definition) is 4. The molecule has 2 N–H and O–H groups in total. The van der Waals surface area contributed by atoms with E-state index < -0.39 is 18.3 Å². The van der Waals surface area contributed by atoms with E-state index >= 15 is 0 Å². The predicted octanol–water partition coefficient (Wildman–Crippen LogP) is 2.56. The van der Waals surface area contributed by atoms with Crippen LogP contribution in [0, 0.1) is 17.8 Å². The lowest BCUT2D eigenvalue weighted by Gasteiger charge is -2.40. The van der Waals surface area contributed by atoms with E-state index in [2.05, 4.69) is 27.6 Å². The largest absolute Gasteiger partial charge is 0.299 e. The van der Waals surface area contributed by atoms with Crippen LogP contribution in [0.4, 0.5) is 8.78 Å². The summed E-state index contributed by atoms with van der Waals surface area (Å²) in [6.07, 6.45) is 0.604. The van der Waals surface area contributed by atoms with Crippen molar-refractivity contribution in [3.63, 3.8) is 0 Å². The van der Waals surface area contributed by atoms with E-state index in [1.54, 1.807) is 13.3 Å². The van der Waals surface area contributed by atoms with Crippen LogP contribution in [-0.4, -0.2) is 45.0 Å². The third kappa shape index (κ3) is 4.73. The molecule has 0 aliphatic heterocycles. The fraction of sp³-hybridized carbons (Fsp3) is 0.867. The molecular weight excluding hydrogens is 274 g/mol. The molecule has 21 heavy (non-hydrogen) atoms. The zero-order chi connectivity index (χ0) is 15.8. The predicted molar refractivity (Wildman–Crippen MR) is 84.4 cm³/mol. The molecule has 1 saturated carbocycles. The minimum absolute atomic E-state index is 0.140. The van der Waals surface area contributed by atoms with Gasteiger partial charge in [-0.05, 0) is 51.3 Å². The van der Waals surface area contributed by atoms with Crippen molar-refractivity contribution < 1.29 is 8.78 Å². The van der Waals surface area contributed by atoms with Gasteiger partial charge in [0.05, 0.1) is 6.17 Å². The van der Waals surface area contributed by atoms with Gasteiger partial charge in [-0.1, -0.05) is 6.92 Å². The van der Waals surface area contributed by atoms with E-state index in [0.717, 1.165) is 6.42 Å². The molecule has 1 rings (SSSR count).